The van der Waals surface area contributed by atoms with Crippen LogP contribution in [-0.4, -0.2) is 12.4 Å². The molecule has 0 N–H and O–H groups in total. The Kier molecular flexibility index (Phi) is 4.17. The summed E-state index contributed by atoms with van der Waals surface area (Å²) in [4.78, 5) is 10.6. The molecule has 2 rings (SSSR count). The van der Waals surface area contributed by atoms with Gasteiger partial charge in [0.15, 0.2) is 12.0 Å². The molecule has 0 fully saturated rings. The number of furan rings is 1. The van der Waals surface area contributed by atoms with E-state index in [1.54, 1.807) is 24.3 Å². The molecule has 0 unspecified atom stereocenters. The van der Waals surface area contributed by atoms with Gasteiger partial charge in [-0.1, -0.05) is 23.2 Å². The van der Waals surface area contributed by atoms with E-state index in [1.165, 1.54) is 0 Å². The fourth-order valence-corrected chi connectivity index (χ4v) is 2.14. The van der Waals surface area contributed by atoms with E-state index < -0.39 is 0 Å². The van der Waals surface area contributed by atoms with Crippen molar-refractivity contribution >= 4 is 29.5 Å². The van der Waals surface area contributed by atoms with Gasteiger partial charge in [-0.05, 0) is 38.1 Å². The molecule has 0 bridgehead atoms. The third-order valence-electron chi connectivity index (χ3n) is 2.39. The van der Waals surface area contributed by atoms with E-state index in [0.29, 0.717) is 33.4 Å². The number of rotatable bonds is 4. The molecule has 0 amide bonds. The Balaban J connectivity index is 2.47. The van der Waals surface area contributed by atoms with Crippen molar-refractivity contribution in [3.05, 3.63) is 40.1 Å². The largest absolute Gasteiger partial charge is 0.489 e. The lowest BCUT2D eigenvalue weighted by Crippen LogP contribution is -2.06. The van der Waals surface area contributed by atoms with Gasteiger partial charge < -0.3 is 9.15 Å². The van der Waals surface area contributed by atoms with E-state index in [0.717, 1.165) is 0 Å². The van der Waals surface area contributed by atoms with Crippen LogP contribution in [0.3, 0.4) is 0 Å². The molecular formula is C14H12Cl2O3. The molecule has 0 aliphatic carbocycles. The molecule has 1 aromatic carbocycles. The van der Waals surface area contributed by atoms with E-state index in [9.17, 15) is 4.79 Å². The number of carbonyl (C=O) groups is 1. The summed E-state index contributed by atoms with van der Waals surface area (Å²) in [6.45, 7) is 3.81. The second-order valence-corrected chi connectivity index (χ2v) is 5.06. The zero-order valence-corrected chi connectivity index (χ0v) is 12.0. The van der Waals surface area contributed by atoms with Crippen LogP contribution < -0.4 is 4.74 Å². The second kappa shape index (κ2) is 5.68. The normalized spacial score (nSPS) is 10.8. The van der Waals surface area contributed by atoms with E-state index >= 15 is 0 Å². The Bertz CT molecular complexity index is 603. The second-order valence-electron chi connectivity index (χ2n) is 4.25. The zero-order valence-electron chi connectivity index (χ0n) is 10.4. The van der Waals surface area contributed by atoms with E-state index in [1.807, 2.05) is 13.8 Å². The highest BCUT2D eigenvalue weighted by molar-refractivity contribution is 6.37. The maximum Gasteiger partial charge on any atom is 0.185 e. The highest BCUT2D eigenvalue weighted by Gasteiger charge is 2.14. The number of ether oxygens (including phenoxy) is 1. The molecule has 1 aromatic heterocycles. The molecule has 5 heteroatoms. The zero-order chi connectivity index (χ0) is 14.0. The third-order valence-corrected chi connectivity index (χ3v) is 3.00. The van der Waals surface area contributed by atoms with E-state index in [4.69, 9.17) is 32.4 Å². The fraction of sp³-hybridized carbons (Fsp3) is 0.214. The summed E-state index contributed by atoms with van der Waals surface area (Å²) in [5.41, 5.74) is 0.634. The molecule has 0 spiro atoms. The lowest BCUT2D eigenvalue weighted by atomic mass is 10.1. The maximum absolute atomic E-state index is 10.6. The van der Waals surface area contributed by atoms with Gasteiger partial charge >= 0.3 is 0 Å². The van der Waals surface area contributed by atoms with Gasteiger partial charge in [0.2, 0.25) is 0 Å². The Morgan fingerprint density at radius 1 is 1.21 bits per heavy atom. The van der Waals surface area contributed by atoms with Crippen LogP contribution in [0.5, 0.6) is 5.75 Å². The highest BCUT2D eigenvalue weighted by atomic mass is 35.5. The topological polar surface area (TPSA) is 39.4 Å². The Morgan fingerprint density at radius 2 is 1.95 bits per heavy atom. The maximum atomic E-state index is 10.6. The van der Waals surface area contributed by atoms with Crippen LogP contribution in [0.1, 0.15) is 24.4 Å². The summed E-state index contributed by atoms with van der Waals surface area (Å²) in [6.07, 6.45) is 0.632. The minimum Gasteiger partial charge on any atom is -0.489 e. The standard InChI is InChI=1S/C14H12Cl2O3/c1-8(2)18-14-5-10(11(15)6-12(14)16)13-4-3-9(7-17)19-13/h3-8H,1-2H3. The quantitative estimate of drug-likeness (QED) is 0.757. The Morgan fingerprint density at radius 3 is 2.53 bits per heavy atom. The fourth-order valence-electron chi connectivity index (χ4n) is 1.62. The lowest BCUT2D eigenvalue weighted by Gasteiger charge is -2.13. The van der Waals surface area contributed by atoms with E-state index in [-0.39, 0.29) is 11.9 Å². The van der Waals surface area contributed by atoms with Crippen LogP contribution in [0.25, 0.3) is 11.3 Å². The first-order valence-electron chi connectivity index (χ1n) is 5.72. The molecule has 0 saturated carbocycles. The van der Waals surface area contributed by atoms with Crippen molar-refractivity contribution in [1.82, 2.24) is 0 Å². The van der Waals surface area contributed by atoms with Crippen LogP contribution >= 0.6 is 23.2 Å². The Hall–Kier alpha value is -1.45. The number of carbonyl (C=O) groups excluding carboxylic acids is 1. The van der Waals surface area contributed by atoms with Gasteiger partial charge in [-0.3, -0.25) is 4.79 Å². The molecule has 0 radical (unpaired) electrons. The smallest absolute Gasteiger partial charge is 0.185 e. The molecule has 1 heterocycles. The van der Waals surface area contributed by atoms with Gasteiger partial charge in [-0.25, -0.2) is 0 Å². The molecule has 0 aliphatic heterocycles. The van der Waals surface area contributed by atoms with Crippen molar-refractivity contribution in [2.24, 2.45) is 0 Å². The first kappa shape index (κ1) is 14.0. The van der Waals surface area contributed by atoms with Crippen LogP contribution in [0.15, 0.2) is 28.7 Å². The van der Waals surface area contributed by atoms with Crippen molar-refractivity contribution in [3.8, 4) is 17.1 Å². The molecule has 2 aromatic rings. The summed E-state index contributed by atoms with van der Waals surface area (Å²) >= 11 is 12.2. The van der Waals surface area contributed by atoms with Gasteiger partial charge in [-0.15, -0.1) is 0 Å². The van der Waals surface area contributed by atoms with Crippen LogP contribution in [-0.2, 0) is 0 Å². The number of hydrogen-bond donors (Lipinski definition) is 0. The molecule has 0 saturated heterocycles. The Labute approximate surface area is 121 Å². The highest BCUT2D eigenvalue weighted by Crippen LogP contribution is 2.37. The number of halogens is 2. The summed E-state index contributed by atoms with van der Waals surface area (Å²) in [5, 5.41) is 0.873. The predicted molar refractivity (Wildman–Crippen MR) is 75.3 cm³/mol. The summed E-state index contributed by atoms with van der Waals surface area (Å²) in [7, 11) is 0. The molecule has 3 nitrogen and oxygen atoms in total. The monoisotopic (exact) mass is 298 g/mol. The molecule has 0 aliphatic rings. The van der Waals surface area contributed by atoms with Gasteiger partial charge in [0, 0.05) is 5.56 Å². The summed E-state index contributed by atoms with van der Waals surface area (Å²) in [5.74, 6) is 1.27. The van der Waals surface area contributed by atoms with Crippen molar-refractivity contribution in [1.29, 1.82) is 0 Å². The van der Waals surface area contributed by atoms with Crippen molar-refractivity contribution in [3.63, 3.8) is 0 Å². The van der Waals surface area contributed by atoms with Crippen LogP contribution in [0, 0.1) is 0 Å². The van der Waals surface area contributed by atoms with Gasteiger partial charge in [-0.2, -0.15) is 0 Å². The summed E-state index contributed by atoms with van der Waals surface area (Å²) < 4.78 is 10.9. The van der Waals surface area contributed by atoms with Gasteiger partial charge in [0.1, 0.15) is 11.5 Å². The average Bonchev–Trinajstić information content (AvgIpc) is 2.80. The molecule has 0 atom stereocenters. The molecule has 100 valence electrons. The average molecular weight is 299 g/mol. The SMILES string of the molecule is CC(C)Oc1cc(-c2ccc(C=O)o2)c(Cl)cc1Cl. The van der Waals surface area contributed by atoms with Crippen LogP contribution in [0.4, 0.5) is 0 Å². The van der Waals surface area contributed by atoms with Gasteiger partial charge in [0.05, 0.1) is 16.1 Å². The van der Waals surface area contributed by atoms with E-state index in [2.05, 4.69) is 0 Å². The minimum atomic E-state index is -0.00587. The third kappa shape index (κ3) is 3.11. The van der Waals surface area contributed by atoms with Crippen molar-refractivity contribution in [2.75, 3.05) is 0 Å². The predicted octanol–water partition coefficient (Wildman–Crippen LogP) is 4.85. The number of aldehydes is 1. The van der Waals surface area contributed by atoms with Crippen molar-refractivity contribution < 1.29 is 13.9 Å². The summed E-state index contributed by atoms with van der Waals surface area (Å²) in [6, 6.07) is 6.56. The minimum absolute atomic E-state index is 0.00587. The van der Waals surface area contributed by atoms with Crippen molar-refractivity contribution in [2.45, 2.75) is 20.0 Å². The van der Waals surface area contributed by atoms with Crippen LogP contribution in [0.2, 0.25) is 10.0 Å². The lowest BCUT2D eigenvalue weighted by molar-refractivity contribution is 0.110. The first-order chi connectivity index (χ1) is 9.01. The molecule has 19 heavy (non-hydrogen) atoms. The first-order valence-corrected chi connectivity index (χ1v) is 6.48. The molecular weight excluding hydrogens is 287 g/mol. The number of benzene rings is 1. The number of hydrogen-bond acceptors (Lipinski definition) is 3. The van der Waals surface area contributed by atoms with Gasteiger partial charge in [0.25, 0.3) is 0 Å².